The lowest BCUT2D eigenvalue weighted by molar-refractivity contribution is -0.0467. The number of aryl methyl sites for hydroxylation is 1. The molecule has 0 radical (unpaired) electrons. The summed E-state index contributed by atoms with van der Waals surface area (Å²) in [5.41, 5.74) is 1.22. The number of hydrogen-bond donors (Lipinski definition) is 0. The van der Waals surface area contributed by atoms with E-state index in [0.29, 0.717) is 6.61 Å². The normalized spacial score (nSPS) is 23.3. The minimum Gasteiger partial charge on any atom is -0.372 e. The van der Waals surface area contributed by atoms with Crippen LogP contribution in [0.15, 0.2) is 36.7 Å². The third-order valence-electron chi connectivity index (χ3n) is 5.35. The van der Waals surface area contributed by atoms with Gasteiger partial charge in [0.1, 0.15) is 0 Å². The van der Waals surface area contributed by atoms with Gasteiger partial charge in [-0.05, 0) is 49.6 Å². The van der Waals surface area contributed by atoms with Crippen molar-refractivity contribution < 1.29 is 9.47 Å². The minimum absolute atomic E-state index is 0.0464. The molecule has 2 saturated heterocycles. The van der Waals surface area contributed by atoms with Gasteiger partial charge in [-0.1, -0.05) is 0 Å². The van der Waals surface area contributed by atoms with Gasteiger partial charge in [0.05, 0.1) is 24.9 Å². The highest BCUT2D eigenvalue weighted by atomic mass is 32.1. The smallest absolute Gasteiger partial charge is 0.0840 e. The van der Waals surface area contributed by atoms with Crippen LogP contribution in [0.3, 0.4) is 0 Å². The summed E-state index contributed by atoms with van der Waals surface area (Å²) < 4.78 is 12.3. The van der Waals surface area contributed by atoms with Crippen molar-refractivity contribution in [1.82, 2.24) is 9.88 Å². The average molecular weight is 359 g/mol. The Balaban J connectivity index is 1.24. The number of pyridine rings is 1. The molecule has 4 heterocycles. The third kappa shape index (κ3) is 4.29. The molecule has 0 aliphatic carbocycles. The Morgan fingerprint density at radius 2 is 2.04 bits per heavy atom. The molecule has 0 N–H and O–H groups in total. The molecule has 0 saturated carbocycles. The van der Waals surface area contributed by atoms with Crippen LogP contribution in [-0.2, 0) is 22.6 Å². The second kappa shape index (κ2) is 7.54. The zero-order valence-corrected chi connectivity index (χ0v) is 15.6. The summed E-state index contributed by atoms with van der Waals surface area (Å²) in [7, 11) is 0. The van der Waals surface area contributed by atoms with Crippen LogP contribution in [-0.4, -0.2) is 41.3 Å². The SMILES string of the molecule is Cc1ccc(CN2CCC3(CC2)C[C@@H](OCc2ccncc2)CO3)s1. The first-order valence-corrected chi connectivity index (χ1v) is 9.95. The minimum atomic E-state index is 0.0464. The molecule has 2 aliphatic heterocycles. The number of ether oxygens (including phenoxy) is 2. The van der Waals surface area contributed by atoms with Crippen LogP contribution >= 0.6 is 11.3 Å². The summed E-state index contributed by atoms with van der Waals surface area (Å²) in [6, 6.07) is 8.50. The summed E-state index contributed by atoms with van der Waals surface area (Å²) in [4.78, 5) is 9.48. The fourth-order valence-electron chi connectivity index (χ4n) is 3.86. The molecule has 2 aliphatic rings. The molecular formula is C20H26N2O2S. The van der Waals surface area contributed by atoms with Crippen LogP contribution in [0.4, 0.5) is 0 Å². The average Bonchev–Trinajstić information content (AvgIpc) is 3.23. The molecule has 1 atom stereocenters. The van der Waals surface area contributed by atoms with Crippen LogP contribution in [0.25, 0.3) is 0 Å². The standard InChI is InChI=1S/C20H26N2O2S/c1-16-2-3-19(25-16)13-22-10-6-20(7-11-22)12-18(15-24-20)23-14-17-4-8-21-9-5-17/h2-5,8-9,18H,6-7,10-15H2,1H3/t18-/m1/s1. The van der Waals surface area contributed by atoms with Gasteiger partial charge >= 0.3 is 0 Å². The number of nitrogens with zero attached hydrogens (tertiary/aromatic N) is 2. The Labute approximate surface area is 153 Å². The van der Waals surface area contributed by atoms with Gasteiger partial charge in [0.2, 0.25) is 0 Å². The van der Waals surface area contributed by atoms with Crippen molar-refractivity contribution in [1.29, 1.82) is 0 Å². The lowest BCUT2D eigenvalue weighted by Gasteiger charge is -2.38. The van der Waals surface area contributed by atoms with E-state index in [2.05, 4.69) is 28.9 Å². The molecule has 4 rings (SSSR count). The molecule has 1 spiro atoms. The van der Waals surface area contributed by atoms with E-state index in [1.54, 1.807) is 0 Å². The second-order valence-corrected chi connectivity index (χ2v) is 8.65. The largest absolute Gasteiger partial charge is 0.372 e. The van der Waals surface area contributed by atoms with Gasteiger partial charge in [-0.15, -0.1) is 11.3 Å². The Morgan fingerprint density at radius 3 is 2.76 bits per heavy atom. The van der Waals surface area contributed by atoms with E-state index in [9.17, 15) is 0 Å². The second-order valence-electron chi connectivity index (χ2n) is 7.28. The van der Waals surface area contributed by atoms with E-state index in [-0.39, 0.29) is 11.7 Å². The van der Waals surface area contributed by atoms with Gasteiger partial charge < -0.3 is 9.47 Å². The number of likely N-dealkylation sites (tertiary alicyclic amines) is 1. The van der Waals surface area contributed by atoms with E-state index in [0.717, 1.165) is 45.5 Å². The molecule has 0 aromatic carbocycles. The van der Waals surface area contributed by atoms with E-state index < -0.39 is 0 Å². The molecule has 0 bridgehead atoms. The van der Waals surface area contributed by atoms with Crippen molar-refractivity contribution in [2.45, 2.75) is 51.0 Å². The van der Waals surface area contributed by atoms with Gasteiger partial charge in [-0.2, -0.15) is 0 Å². The molecule has 2 aromatic heterocycles. The van der Waals surface area contributed by atoms with E-state index in [1.807, 2.05) is 35.9 Å². The zero-order chi connectivity index (χ0) is 17.1. The first-order chi connectivity index (χ1) is 12.2. The monoisotopic (exact) mass is 358 g/mol. The third-order valence-corrected chi connectivity index (χ3v) is 6.34. The van der Waals surface area contributed by atoms with Crippen LogP contribution in [0.2, 0.25) is 0 Å². The summed E-state index contributed by atoms with van der Waals surface area (Å²) in [5.74, 6) is 0. The highest BCUT2D eigenvalue weighted by Gasteiger charge is 2.43. The van der Waals surface area contributed by atoms with Crippen molar-refractivity contribution >= 4 is 11.3 Å². The Kier molecular flexibility index (Phi) is 5.17. The van der Waals surface area contributed by atoms with Crippen LogP contribution in [0.1, 0.15) is 34.6 Å². The topological polar surface area (TPSA) is 34.6 Å². The van der Waals surface area contributed by atoms with E-state index >= 15 is 0 Å². The molecule has 0 unspecified atom stereocenters. The van der Waals surface area contributed by atoms with Crippen LogP contribution in [0, 0.1) is 6.92 Å². The van der Waals surface area contributed by atoms with Gasteiger partial charge in [0.15, 0.2) is 0 Å². The Morgan fingerprint density at radius 1 is 1.24 bits per heavy atom. The van der Waals surface area contributed by atoms with Crippen molar-refractivity contribution in [2.75, 3.05) is 19.7 Å². The van der Waals surface area contributed by atoms with Gasteiger partial charge in [-0.25, -0.2) is 0 Å². The Hall–Kier alpha value is -1.27. The van der Waals surface area contributed by atoms with Crippen LogP contribution in [0.5, 0.6) is 0 Å². The number of rotatable bonds is 5. The fraction of sp³-hybridized carbons (Fsp3) is 0.550. The number of thiophene rings is 1. The van der Waals surface area contributed by atoms with Gasteiger partial charge in [0.25, 0.3) is 0 Å². The summed E-state index contributed by atoms with van der Waals surface area (Å²) in [6.45, 7) is 6.88. The summed E-state index contributed by atoms with van der Waals surface area (Å²) >= 11 is 1.91. The number of aromatic nitrogens is 1. The summed E-state index contributed by atoms with van der Waals surface area (Å²) in [6.07, 6.45) is 7.12. The maximum absolute atomic E-state index is 6.22. The van der Waals surface area contributed by atoms with Crippen molar-refractivity contribution in [3.8, 4) is 0 Å². The zero-order valence-electron chi connectivity index (χ0n) is 14.8. The molecule has 2 fully saturated rings. The first kappa shape index (κ1) is 17.2. The highest BCUT2D eigenvalue weighted by molar-refractivity contribution is 7.11. The Bertz CT molecular complexity index is 680. The van der Waals surface area contributed by atoms with Crippen LogP contribution < -0.4 is 0 Å². The quantitative estimate of drug-likeness (QED) is 0.814. The molecule has 0 amide bonds. The molecule has 4 nitrogen and oxygen atoms in total. The maximum Gasteiger partial charge on any atom is 0.0840 e. The lowest BCUT2D eigenvalue weighted by atomic mass is 9.88. The predicted molar refractivity (Wildman–Crippen MR) is 99.7 cm³/mol. The van der Waals surface area contributed by atoms with Crippen molar-refractivity contribution in [3.63, 3.8) is 0 Å². The van der Waals surface area contributed by atoms with E-state index in [4.69, 9.17) is 9.47 Å². The molecule has 134 valence electrons. The van der Waals surface area contributed by atoms with Gasteiger partial charge in [-0.3, -0.25) is 9.88 Å². The van der Waals surface area contributed by atoms with Crippen molar-refractivity contribution in [2.24, 2.45) is 0 Å². The number of hydrogen-bond acceptors (Lipinski definition) is 5. The molecular weight excluding hydrogens is 332 g/mol. The first-order valence-electron chi connectivity index (χ1n) is 9.13. The summed E-state index contributed by atoms with van der Waals surface area (Å²) in [5, 5.41) is 0. The van der Waals surface area contributed by atoms with Crippen molar-refractivity contribution in [3.05, 3.63) is 52.0 Å². The molecule has 25 heavy (non-hydrogen) atoms. The maximum atomic E-state index is 6.22. The molecule has 5 heteroatoms. The highest BCUT2D eigenvalue weighted by Crippen LogP contribution is 2.37. The predicted octanol–water partition coefficient (Wildman–Crippen LogP) is 3.79. The van der Waals surface area contributed by atoms with E-state index in [1.165, 1.54) is 15.3 Å². The molecule has 2 aromatic rings. The van der Waals surface area contributed by atoms with Gasteiger partial charge in [0, 0.05) is 48.2 Å². The lowest BCUT2D eigenvalue weighted by Crippen LogP contribution is -2.43. The fourth-order valence-corrected chi connectivity index (χ4v) is 4.79. The number of piperidine rings is 1.